The van der Waals surface area contributed by atoms with Gasteiger partial charge in [-0.05, 0) is 6.07 Å². The van der Waals surface area contributed by atoms with Gasteiger partial charge in [-0.25, -0.2) is 4.39 Å². The van der Waals surface area contributed by atoms with Crippen molar-refractivity contribution >= 4 is 21.4 Å². The molecule has 0 saturated carbocycles. The smallest absolute Gasteiger partial charge is 0.141 e. The van der Waals surface area contributed by atoms with Gasteiger partial charge in [0.05, 0.1) is 10.3 Å². The molecule has 1 heterocycles. The molecule has 0 bridgehead atoms. The third-order valence-electron chi connectivity index (χ3n) is 1.67. The van der Waals surface area contributed by atoms with E-state index in [1.54, 1.807) is 17.5 Å². The number of nitriles is 1. The molecule has 0 spiro atoms. The Kier molecular flexibility index (Phi) is 1.56. The number of hydrogen-bond acceptors (Lipinski definition) is 2. The van der Waals surface area contributed by atoms with Gasteiger partial charge < -0.3 is 0 Å². The zero-order chi connectivity index (χ0) is 8.55. The average Bonchev–Trinajstić information content (AvgIpc) is 2.49. The minimum atomic E-state index is -0.251. The van der Waals surface area contributed by atoms with Gasteiger partial charge in [0.1, 0.15) is 11.9 Å². The third-order valence-corrected chi connectivity index (χ3v) is 2.68. The fourth-order valence-electron chi connectivity index (χ4n) is 1.11. The molecule has 3 heteroatoms. The van der Waals surface area contributed by atoms with Crippen LogP contribution < -0.4 is 0 Å². The monoisotopic (exact) mass is 177 g/mol. The molecule has 0 aliphatic rings. The lowest BCUT2D eigenvalue weighted by atomic mass is 10.2. The van der Waals surface area contributed by atoms with Crippen LogP contribution >= 0.6 is 11.3 Å². The predicted molar refractivity (Wildman–Crippen MR) is 46.5 cm³/mol. The molecule has 0 unspecified atom stereocenters. The lowest BCUT2D eigenvalue weighted by Gasteiger charge is -1.89. The summed E-state index contributed by atoms with van der Waals surface area (Å²) in [7, 11) is 0. The summed E-state index contributed by atoms with van der Waals surface area (Å²) < 4.78 is 13.6. The van der Waals surface area contributed by atoms with E-state index >= 15 is 0 Å². The summed E-state index contributed by atoms with van der Waals surface area (Å²) in [5.41, 5.74) is 0.550. The number of hydrogen-bond donors (Lipinski definition) is 0. The Bertz CT molecular complexity index is 467. The second kappa shape index (κ2) is 2.58. The van der Waals surface area contributed by atoms with Crippen LogP contribution in [0.2, 0.25) is 0 Å². The molecule has 1 aromatic carbocycles. The quantitative estimate of drug-likeness (QED) is 0.607. The summed E-state index contributed by atoms with van der Waals surface area (Å²) in [5.74, 6) is -0.251. The minimum Gasteiger partial charge on any atom is -0.205 e. The number of halogens is 1. The number of thiophene rings is 1. The van der Waals surface area contributed by atoms with Crippen molar-refractivity contribution < 1.29 is 4.39 Å². The Morgan fingerprint density at radius 3 is 3.00 bits per heavy atom. The Morgan fingerprint density at radius 2 is 2.25 bits per heavy atom. The second-order valence-corrected chi connectivity index (χ2v) is 3.26. The van der Waals surface area contributed by atoms with E-state index in [9.17, 15) is 4.39 Å². The third kappa shape index (κ3) is 0.892. The van der Waals surface area contributed by atoms with Gasteiger partial charge in [0.15, 0.2) is 0 Å². The van der Waals surface area contributed by atoms with E-state index in [2.05, 4.69) is 0 Å². The highest BCUT2D eigenvalue weighted by molar-refractivity contribution is 7.17. The maximum absolute atomic E-state index is 13.0. The van der Waals surface area contributed by atoms with Gasteiger partial charge in [0.2, 0.25) is 0 Å². The van der Waals surface area contributed by atoms with Crippen LogP contribution in [-0.2, 0) is 0 Å². The van der Waals surface area contributed by atoms with Gasteiger partial charge in [-0.3, -0.25) is 0 Å². The lowest BCUT2D eigenvalue weighted by Crippen LogP contribution is -1.73. The zero-order valence-electron chi connectivity index (χ0n) is 6.04. The molecule has 12 heavy (non-hydrogen) atoms. The van der Waals surface area contributed by atoms with Crippen LogP contribution in [0, 0.1) is 17.1 Å². The fraction of sp³-hybridized carbons (Fsp3) is 0. The molecule has 1 aromatic heterocycles. The molecule has 0 N–H and O–H groups in total. The highest BCUT2D eigenvalue weighted by Crippen LogP contribution is 2.27. The molecule has 0 radical (unpaired) electrons. The van der Waals surface area contributed by atoms with E-state index in [1.165, 1.54) is 17.4 Å². The first-order valence-electron chi connectivity index (χ1n) is 3.39. The van der Waals surface area contributed by atoms with E-state index in [1.807, 2.05) is 6.07 Å². The highest BCUT2D eigenvalue weighted by atomic mass is 32.1. The first kappa shape index (κ1) is 7.26. The Morgan fingerprint density at radius 1 is 1.42 bits per heavy atom. The van der Waals surface area contributed by atoms with Crippen LogP contribution in [0.3, 0.4) is 0 Å². The first-order valence-corrected chi connectivity index (χ1v) is 4.26. The van der Waals surface area contributed by atoms with Gasteiger partial charge >= 0.3 is 0 Å². The average molecular weight is 177 g/mol. The molecule has 1 nitrogen and oxygen atoms in total. The van der Waals surface area contributed by atoms with Crippen molar-refractivity contribution in [2.45, 2.75) is 0 Å². The predicted octanol–water partition coefficient (Wildman–Crippen LogP) is 2.91. The van der Waals surface area contributed by atoms with Gasteiger partial charge in [0.25, 0.3) is 0 Å². The molecule has 0 saturated heterocycles. The number of rotatable bonds is 0. The van der Waals surface area contributed by atoms with Crippen LogP contribution in [0.25, 0.3) is 10.1 Å². The van der Waals surface area contributed by atoms with E-state index in [4.69, 9.17) is 5.26 Å². The van der Waals surface area contributed by atoms with Crippen LogP contribution in [0.15, 0.2) is 23.6 Å². The van der Waals surface area contributed by atoms with Crippen LogP contribution in [0.5, 0.6) is 0 Å². The second-order valence-electron chi connectivity index (χ2n) is 2.38. The normalized spacial score (nSPS) is 10.0. The first-order chi connectivity index (χ1) is 5.83. The molecule has 0 amide bonds. The van der Waals surface area contributed by atoms with Crippen LogP contribution in [0.4, 0.5) is 4.39 Å². The molecular weight excluding hydrogens is 173 g/mol. The van der Waals surface area contributed by atoms with Gasteiger partial charge in [-0.2, -0.15) is 5.26 Å². The van der Waals surface area contributed by atoms with E-state index < -0.39 is 0 Å². The summed E-state index contributed by atoms with van der Waals surface area (Å²) in [5, 5.41) is 11.0. The minimum absolute atomic E-state index is 0.251. The largest absolute Gasteiger partial charge is 0.205 e. The summed E-state index contributed by atoms with van der Waals surface area (Å²) in [6.45, 7) is 0. The van der Waals surface area contributed by atoms with Crippen LogP contribution in [0.1, 0.15) is 5.56 Å². The van der Waals surface area contributed by atoms with E-state index in [0.29, 0.717) is 15.6 Å². The zero-order valence-corrected chi connectivity index (χ0v) is 6.86. The van der Waals surface area contributed by atoms with Gasteiger partial charge in [0, 0.05) is 10.8 Å². The topological polar surface area (TPSA) is 23.8 Å². The summed E-state index contributed by atoms with van der Waals surface area (Å²) in [4.78, 5) is 0. The summed E-state index contributed by atoms with van der Waals surface area (Å²) >= 11 is 1.27. The molecule has 0 aliphatic heterocycles. The van der Waals surface area contributed by atoms with E-state index in [0.717, 1.165) is 0 Å². The van der Waals surface area contributed by atoms with Gasteiger partial charge in [-0.1, -0.05) is 12.1 Å². The standard InChI is InChI=1S/C9H4FNS/c10-8-3-1-2-7-6(4-11)5-12-9(7)8/h1-3,5H. The number of nitrogens with zero attached hydrogens (tertiary/aromatic N) is 1. The highest BCUT2D eigenvalue weighted by Gasteiger charge is 2.05. The SMILES string of the molecule is N#Cc1csc2c(F)cccc12. The Balaban J connectivity index is 2.91. The summed E-state index contributed by atoms with van der Waals surface area (Å²) in [6.07, 6.45) is 0. The maximum Gasteiger partial charge on any atom is 0.141 e. The Labute approximate surface area is 72.7 Å². The number of benzene rings is 1. The van der Waals surface area contributed by atoms with Crippen LogP contribution in [-0.4, -0.2) is 0 Å². The molecule has 0 fully saturated rings. The van der Waals surface area contributed by atoms with Crippen molar-refractivity contribution in [1.29, 1.82) is 5.26 Å². The number of fused-ring (bicyclic) bond motifs is 1. The van der Waals surface area contributed by atoms with Gasteiger partial charge in [-0.15, -0.1) is 11.3 Å². The van der Waals surface area contributed by atoms with Crippen molar-refractivity contribution in [2.75, 3.05) is 0 Å². The molecule has 0 aliphatic carbocycles. The van der Waals surface area contributed by atoms with E-state index in [-0.39, 0.29) is 5.82 Å². The van der Waals surface area contributed by atoms with Crippen molar-refractivity contribution in [3.05, 3.63) is 35.0 Å². The molecule has 2 rings (SSSR count). The van der Waals surface area contributed by atoms with Crippen molar-refractivity contribution in [2.24, 2.45) is 0 Å². The maximum atomic E-state index is 13.0. The summed E-state index contributed by atoms with van der Waals surface area (Å²) in [6, 6.07) is 6.80. The fourth-order valence-corrected chi connectivity index (χ4v) is 2.01. The van der Waals surface area contributed by atoms with Crippen molar-refractivity contribution in [3.8, 4) is 6.07 Å². The Hall–Kier alpha value is -1.40. The molecular formula is C9H4FNS. The molecule has 0 atom stereocenters. The molecule has 58 valence electrons. The van der Waals surface area contributed by atoms with Crippen molar-refractivity contribution in [1.82, 2.24) is 0 Å². The lowest BCUT2D eigenvalue weighted by molar-refractivity contribution is 0.642. The molecule has 2 aromatic rings. The van der Waals surface area contributed by atoms with Crippen molar-refractivity contribution in [3.63, 3.8) is 0 Å².